The minimum absolute atomic E-state index is 0.0989. The highest BCUT2D eigenvalue weighted by Gasteiger charge is 2.61. The van der Waals surface area contributed by atoms with Crippen molar-refractivity contribution in [1.82, 2.24) is 0 Å². The Morgan fingerprint density at radius 3 is 2.65 bits per heavy atom. The molecule has 0 bridgehead atoms. The molecule has 23 heavy (non-hydrogen) atoms. The lowest BCUT2D eigenvalue weighted by Gasteiger charge is -2.57. The Balaban J connectivity index is 1.78. The minimum atomic E-state index is -0.441. The monoisotopic (exact) mass is 314 g/mol. The van der Waals surface area contributed by atoms with Gasteiger partial charge in [-0.2, -0.15) is 0 Å². The summed E-state index contributed by atoms with van der Waals surface area (Å²) in [6, 6.07) is 0. The fourth-order valence-corrected chi connectivity index (χ4v) is 6.71. The number of allylic oxidation sites excluding steroid dienone is 1. The van der Waals surface area contributed by atoms with Gasteiger partial charge in [0.25, 0.3) is 0 Å². The van der Waals surface area contributed by atoms with E-state index in [0.29, 0.717) is 30.0 Å². The molecule has 4 aliphatic carbocycles. The molecule has 0 saturated heterocycles. The number of carbonyl (C=O) groups is 3. The highest BCUT2D eigenvalue weighted by Crippen LogP contribution is 2.64. The zero-order valence-corrected chi connectivity index (χ0v) is 14.1. The van der Waals surface area contributed by atoms with Gasteiger partial charge in [-0.15, -0.1) is 0 Å². The third-order valence-electron chi connectivity index (χ3n) is 7.92. The number of Topliss-reactive ketones (excluding diaryl/α,β-unsaturated/α-hetero) is 1. The Morgan fingerprint density at radius 1 is 1.13 bits per heavy atom. The zero-order chi connectivity index (χ0) is 16.4. The van der Waals surface area contributed by atoms with Crippen molar-refractivity contribution in [2.24, 2.45) is 34.5 Å². The van der Waals surface area contributed by atoms with Gasteiger partial charge in [-0.05, 0) is 61.9 Å². The van der Waals surface area contributed by atoms with Crippen LogP contribution in [0, 0.1) is 34.5 Å². The molecule has 3 heteroatoms. The van der Waals surface area contributed by atoms with Crippen LogP contribution in [-0.4, -0.2) is 17.9 Å². The van der Waals surface area contributed by atoms with Gasteiger partial charge in [-0.3, -0.25) is 9.59 Å². The number of aldehydes is 1. The highest BCUT2D eigenvalue weighted by molar-refractivity contribution is 5.94. The molecule has 0 amide bonds. The van der Waals surface area contributed by atoms with Gasteiger partial charge < -0.3 is 4.79 Å². The van der Waals surface area contributed by atoms with E-state index < -0.39 is 5.41 Å². The maximum atomic E-state index is 12.4. The van der Waals surface area contributed by atoms with Crippen LogP contribution < -0.4 is 0 Å². The molecule has 6 atom stereocenters. The quantitative estimate of drug-likeness (QED) is 0.696. The second-order valence-electron chi connectivity index (χ2n) is 8.63. The van der Waals surface area contributed by atoms with Crippen LogP contribution >= 0.6 is 0 Å². The van der Waals surface area contributed by atoms with Gasteiger partial charge in [0.2, 0.25) is 0 Å². The maximum Gasteiger partial charge on any atom is 0.155 e. The Hall–Kier alpha value is -1.25. The molecular weight excluding hydrogens is 288 g/mol. The predicted molar refractivity (Wildman–Crippen MR) is 86.7 cm³/mol. The van der Waals surface area contributed by atoms with Crippen molar-refractivity contribution < 1.29 is 14.4 Å². The van der Waals surface area contributed by atoms with E-state index in [0.717, 1.165) is 44.1 Å². The standard InChI is InChI=1S/C20H26O3/c1-12-9-14(22)10-13-3-4-15-16-5-6-18(23)19(16,2)8-7-17(15)20(12,13)11-21/h10-12,15-17H,3-9H2,1-2H3/t12?,15-,16-,17-,19-,20-/m0/s1. The average molecular weight is 314 g/mol. The third-order valence-corrected chi connectivity index (χ3v) is 7.92. The van der Waals surface area contributed by atoms with Crippen LogP contribution in [0.2, 0.25) is 0 Å². The lowest BCUT2D eigenvalue weighted by Crippen LogP contribution is -2.55. The zero-order valence-electron chi connectivity index (χ0n) is 14.1. The van der Waals surface area contributed by atoms with E-state index in [2.05, 4.69) is 13.8 Å². The average Bonchev–Trinajstić information content (AvgIpc) is 2.82. The molecule has 3 nitrogen and oxygen atoms in total. The topological polar surface area (TPSA) is 51.2 Å². The van der Waals surface area contributed by atoms with Crippen molar-refractivity contribution in [1.29, 1.82) is 0 Å². The van der Waals surface area contributed by atoms with E-state index in [4.69, 9.17) is 0 Å². The van der Waals surface area contributed by atoms with Crippen molar-refractivity contribution in [3.05, 3.63) is 11.6 Å². The summed E-state index contributed by atoms with van der Waals surface area (Å²) >= 11 is 0. The number of fused-ring (bicyclic) bond motifs is 5. The summed E-state index contributed by atoms with van der Waals surface area (Å²) in [5, 5.41) is 0. The predicted octanol–water partition coefficient (Wildman–Crippen LogP) is 3.51. The summed E-state index contributed by atoms with van der Waals surface area (Å²) in [6.07, 6.45) is 8.93. The van der Waals surface area contributed by atoms with E-state index in [-0.39, 0.29) is 17.1 Å². The minimum Gasteiger partial charge on any atom is -0.302 e. The molecule has 4 aliphatic rings. The third kappa shape index (κ3) is 1.79. The number of ketones is 2. The molecule has 0 radical (unpaired) electrons. The van der Waals surface area contributed by atoms with Crippen molar-refractivity contribution in [3.8, 4) is 0 Å². The highest BCUT2D eigenvalue weighted by atomic mass is 16.1. The molecule has 0 N–H and O–H groups in total. The summed E-state index contributed by atoms with van der Waals surface area (Å²) in [4.78, 5) is 36.7. The van der Waals surface area contributed by atoms with Crippen molar-refractivity contribution in [2.75, 3.05) is 0 Å². The SMILES string of the molecule is CC1CC(=O)C=C2CC[C@H]3[C@@H]4CCC(=O)[C@@]4(C)CC[C@@H]3[C@]21C=O. The second-order valence-corrected chi connectivity index (χ2v) is 8.63. The molecule has 0 spiro atoms. The normalized spacial score (nSPS) is 49.0. The van der Waals surface area contributed by atoms with Crippen LogP contribution in [0.15, 0.2) is 11.6 Å². The van der Waals surface area contributed by atoms with Gasteiger partial charge in [0, 0.05) is 18.3 Å². The van der Waals surface area contributed by atoms with Gasteiger partial charge >= 0.3 is 0 Å². The second kappa shape index (κ2) is 4.87. The van der Waals surface area contributed by atoms with Crippen LogP contribution in [0.5, 0.6) is 0 Å². The number of carbonyl (C=O) groups excluding carboxylic acids is 3. The molecule has 0 aromatic heterocycles. The van der Waals surface area contributed by atoms with Crippen LogP contribution in [0.3, 0.4) is 0 Å². The number of hydrogen-bond acceptors (Lipinski definition) is 3. The van der Waals surface area contributed by atoms with E-state index in [9.17, 15) is 14.4 Å². The van der Waals surface area contributed by atoms with Gasteiger partial charge in [-0.25, -0.2) is 0 Å². The molecule has 0 aromatic rings. The summed E-state index contributed by atoms with van der Waals surface area (Å²) in [7, 11) is 0. The van der Waals surface area contributed by atoms with Crippen LogP contribution in [0.1, 0.15) is 58.8 Å². The van der Waals surface area contributed by atoms with E-state index in [1.807, 2.05) is 0 Å². The molecule has 4 rings (SSSR count). The molecular formula is C20H26O3. The molecule has 1 unspecified atom stereocenters. The first-order valence-electron chi connectivity index (χ1n) is 9.17. The van der Waals surface area contributed by atoms with Gasteiger partial charge in [0.05, 0.1) is 5.41 Å². The molecule has 3 fully saturated rings. The Labute approximate surface area is 137 Å². The van der Waals surface area contributed by atoms with Gasteiger partial charge in [-0.1, -0.05) is 19.4 Å². The van der Waals surface area contributed by atoms with Crippen LogP contribution in [-0.2, 0) is 14.4 Å². The van der Waals surface area contributed by atoms with E-state index >= 15 is 0 Å². The lowest BCUT2D eigenvalue weighted by molar-refractivity contribution is -0.139. The molecule has 124 valence electrons. The van der Waals surface area contributed by atoms with Crippen molar-refractivity contribution in [2.45, 2.75) is 58.8 Å². The Kier molecular flexibility index (Phi) is 3.24. The van der Waals surface area contributed by atoms with Gasteiger partial charge in [0.15, 0.2) is 5.78 Å². The van der Waals surface area contributed by atoms with Crippen LogP contribution in [0.25, 0.3) is 0 Å². The van der Waals surface area contributed by atoms with Gasteiger partial charge in [0.1, 0.15) is 12.1 Å². The number of rotatable bonds is 1. The largest absolute Gasteiger partial charge is 0.302 e. The molecule has 3 saturated carbocycles. The lowest BCUT2D eigenvalue weighted by atomic mass is 9.45. The fourth-order valence-electron chi connectivity index (χ4n) is 6.71. The van der Waals surface area contributed by atoms with E-state index in [1.165, 1.54) is 6.29 Å². The first kappa shape index (κ1) is 15.3. The van der Waals surface area contributed by atoms with E-state index in [1.54, 1.807) is 6.08 Å². The van der Waals surface area contributed by atoms with Crippen LogP contribution in [0.4, 0.5) is 0 Å². The molecule has 0 aliphatic heterocycles. The summed E-state index contributed by atoms with van der Waals surface area (Å²) in [6.45, 7) is 4.24. The maximum absolute atomic E-state index is 12.4. The fraction of sp³-hybridized carbons (Fsp3) is 0.750. The summed E-state index contributed by atoms with van der Waals surface area (Å²) in [5.74, 6) is 1.96. The smallest absolute Gasteiger partial charge is 0.155 e. The van der Waals surface area contributed by atoms with Crippen molar-refractivity contribution >= 4 is 17.9 Å². The Morgan fingerprint density at radius 2 is 1.91 bits per heavy atom. The number of hydrogen-bond donors (Lipinski definition) is 0. The first-order chi connectivity index (χ1) is 10.9. The molecule has 0 heterocycles. The molecule has 0 aromatic carbocycles. The Bertz CT molecular complexity index is 618. The summed E-state index contributed by atoms with van der Waals surface area (Å²) in [5.41, 5.74) is 0.495. The summed E-state index contributed by atoms with van der Waals surface area (Å²) < 4.78 is 0. The first-order valence-corrected chi connectivity index (χ1v) is 9.17. The van der Waals surface area contributed by atoms with Crippen molar-refractivity contribution in [3.63, 3.8) is 0 Å².